The Morgan fingerprint density at radius 2 is 1.96 bits per heavy atom. The molecule has 0 spiro atoms. The van der Waals surface area contributed by atoms with Crippen molar-refractivity contribution in [2.75, 3.05) is 23.3 Å². The summed E-state index contributed by atoms with van der Waals surface area (Å²) in [5.41, 5.74) is 0.567. The topological polar surface area (TPSA) is 75.9 Å². The first-order chi connectivity index (χ1) is 13.6. The van der Waals surface area contributed by atoms with Crippen molar-refractivity contribution in [1.29, 1.82) is 0 Å². The summed E-state index contributed by atoms with van der Waals surface area (Å²) in [6.45, 7) is 1.42. The van der Waals surface area contributed by atoms with E-state index in [1.165, 1.54) is 0 Å². The molecule has 1 aromatic carbocycles. The van der Waals surface area contributed by atoms with Crippen LogP contribution in [-0.4, -0.2) is 38.7 Å². The number of benzene rings is 1. The van der Waals surface area contributed by atoms with Crippen molar-refractivity contribution in [2.45, 2.75) is 12.8 Å². The van der Waals surface area contributed by atoms with Gasteiger partial charge >= 0.3 is 0 Å². The van der Waals surface area contributed by atoms with Crippen molar-refractivity contribution in [3.8, 4) is 5.82 Å². The fraction of sp³-hybridized carbons (Fsp3) is 0.263. The predicted octanol–water partition coefficient (Wildman–Crippen LogP) is 3.82. The second-order valence-electron chi connectivity index (χ2n) is 6.62. The van der Waals surface area contributed by atoms with Crippen LogP contribution in [0, 0.1) is 5.92 Å². The number of hydrogen-bond acceptors (Lipinski definition) is 5. The average Bonchev–Trinajstić information content (AvgIpc) is 3.25. The molecule has 4 rings (SSSR count). The molecule has 1 aliphatic rings. The Balaban J connectivity index is 1.43. The Morgan fingerprint density at radius 3 is 2.68 bits per heavy atom. The van der Waals surface area contributed by atoms with Gasteiger partial charge in [-0.2, -0.15) is 0 Å². The number of nitrogens with one attached hydrogen (secondary N) is 1. The second kappa shape index (κ2) is 8.16. The van der Waals surface area contributed by atoms with Gasteiger partial charge in [-0.1, -0.05) is 23.2 Å². The molecule has 0 aliphatic carbocycles. The smallest absolute Gasteiger partial charge is 0.229 e. The average molecular weight is 417 g/mol. The van der Waals surface area contributed by atoms with E-state index in [1.54, 1.807) is 35.3 Å². The molecule has 0 radical (unpaired) electrons. The Morgan fingerprint density at radius 1 is 1.14 bits per heavy atom. The lowest BCUT2D eigenvalue weighted by molar-refractivity contribution is -0.120. The maximum absolute atomic E-state index is 12.7. The Labute approximate surface area is 172 Å². The lowest BCUT2D eigenvalue weighted by Gasteiger charge is -2.32. The fourth-order valence-corrected chi connectivity index (χ4v) is 3.70. The molecule has 1 amide bonds. The minimum atomic E-state index is -0.157. The van der Waals surface area contributed by atoms with Crippen LogP contribution in [0.25, 0.3) is 5.82 Å². The summed E-state index contributed by atoms with van der Waals surface area (Å²) < 4.78 is 1.79. The lowest BCUT2D eigenvalue weighted by Crippen LogP contribution is -2.41. The minimum Gasteiger partial charge on any atom is -0.354 e. The lowest BCUT2D eigenvalue weighted by atomic mass is 9.97. The number of anilines is 2. The molecule has 1 fully saturated rings. The molecular formula is C19H18Cl2N6O. The number of amides is 1. The monoisotopic (exact) mass is 416 g/mol. The molecule has 28 heavy (non-hydrogen) atoms. The molecule has 2 aromatic heterocycles. The third-order valence-electron chi connectivity index (χ3n) is 4.71. The number of aromatic nitrogens is 4. The number of halogens is 2. The summed E-state index contributed by atoms with van der Waals surface area (Å²) in [6.07, 6.45) is 6.89. The van der Waals surface area contributed by atoms with Crippen LogP contribution in [-0.2, 0) is 4.79 Å². The maximum atomic E-state index is 12.7. The zero-order valence-electron chi connectivity index (χ0n) is 14.9. The zero-order valence-corrected chi connectivity index (χ0v) is 16.4. The van der Waals surface area contributed by atoms with Gasteiger partial charge in [0.2, 0.25) is 5.91 Å². The van der Waals surface area contributed by atoms with Crippen LogP contribution in [0.3, 0.4) is 0 Å². The number of rotatable bonds is 4. The van der Waals surface area contributed by atoms with E-state index in [4.69, 9.17) is 23.2 Å². The highest BCUT2D eigenvalue weighted by molar-refractivity contribution is 6.36. The van der Waals surface area contributed by atoms with Crippen LogP contribution in [0.15, 0.2) is 49.1 Å². The van der Waals surface area contributed by atoms with Crippen molar-refractivity contribution in [1.82, 2.24) is 19.7 Å². The molecule has 1 aliphatic heterocycles. The van der Waals surface area contributed by atoms with Crippen molar-refractivity contribution < 1.29 is 4.79 Å². The normalized spacial score (nSPS) is 16.8. The van der Waals surface area contributed by atoms with Crippen LogP contribution in [0.4, 0.5) is 11.5 Å². The standard InChI is InChI=1S/C19H18Cl2N6O/c20-14-3-4-16(15(21)10-14)23-19(28)13-2-1-8-26(11-13)17-5-6-18(25-24-17)27-9-7-22-12-27/h3-7,9-10,12-13H,1-2,8,11H2,(H,23,28). The van der Waals surface area contributed by atoms with Gasteiger partial charge in [0.05, 0.1) is 16.6 Å². The molecule has 0 saturated carbocycles. The van der Waals surface area contributed by atoms with E-state index in [-0.39, 0.29) is 11.8 Å². The summed E-state index contributed by atoms with van der Waals surface area (Å²) in [5, 5.41) is 12.4. The number of carbonyl (C=O) groups is 1. The van der Waals surface area contributed by atoms with E-state index >= 15 is 0 Å². The van der Waals surface area contributed by atoms with Crippen LogP contribution >= 0.6 is 23.2 Å². The molecule has 1 unspecified atom stereocenters. The first-order valence-corrected chi connectivity index (χ1v) is 9.68. The summed E-state index contributed by atoms with van der Waals surface area (Å²) in [6, 6.07) is 8.83. The van der Waals surface area contributed by atoms with E-state index in [1.807, 2.05) is 18.3 Å². The molecule has 1 N–H and O–H groups in total. The van der Waals surface area contributed by atoms with E-state index in [0.717, 1.165) is 25.2 Å². The van der Waals surface area contributed by atoms with Crippen LogP contribution in [0.1, 0.15) is 12.8 Å². The molecule has 1 saturated heterocycles. The largest absolute Gasteiger partial charge is 0.354 e. The summed E-state index contributed by atoms with van der Waals surface area (Å²) >= 11 is 12.1. The first-order valence-electron chi connectivity index (χ1n) is 8.93. The Hall–Kier alpha value is -2.64. The highest BCUT2D eigenvalue weighted by atomic mass is 35.5. The quantitative estimate of drug-likeness (QED) is 0.699. The number of carbonyl (C=O) groups excluding carboxylic acids is 1. The third-order valence-corrected chi connectivity index (χ3v) is 5.26. The highest BCUT2D eigenvalue weighted by Crippen LogP contribution is 2.27. The summed E-state index contributed by atoms with van der Waals surface area (Å²) in [7, 11) is 0. The molecular weight excluding hydrogens is 399 g/mol. The van der Waals surface area contributed by atoms with Gasteiger partial charge in [0, 0.05) is 30.5 Å². The molecule has 9 heteroatoms. The van der Waals surface area contributed by atoms with Gasteiger partial charge in [-0.05, 0) is 43.2 Å². The molecule has 7 nitrogen and oxygen atoms in total. The van der Waals surface area contributed by atoms with E-state index in [2.05, 4.69) is 25.4 Å². The second-order valence-corrected chi connectivity index (χ2v) is 7.46. The van der Waals surface area contributed by atoms with Crippen LogP contribution < -0.4 is 10.2 Å². The van der Waals surface area contributed by atoms with Gasteiger partial charge in [0.1, 0.15) is 6.33 Å². The van der Waals surface area contributed by atoms with Gasteiger partial charge in [-0.3, -0.25) is 9.36 Å². The summed E-state index contributed by atoms with van der Waals surface area (Å²) in [5.74, 6) is 1.24. The number of piperidine rings is 1. The number of nitrogens with zero attached hydrogens (tertiary/aromatic N) is 5. The van der Waals surface area contributed by atoms with Crippen molar-refractivity contribution in [3.05, 3.63) is 59.1 Å². The van der Waals surface area contributed by atoms with Gasteiger partial charge < -0.3 is 10.2 Å². The van der Waals surface area contributed by atoms with Crippen molar-refractivity contribution >= 4 is 40.6 Å². The molecule has 3 heterocycles. The predicted molar refractivity (Wildman–Crippen MR) is 109 cm³/mol. The van der Waals surface area contributed by atoms with Gasteiger partial charge in [-0.15, -0.1) is 10.2 Å². The van der Waals surface area contributed by atoms with Crippen LogP contribution in [0.2, 0.25) is 10.0 Å². The SMILES string of the molecule is O=C(Nc1ccc(Cl)cc1Cl)C1CCCN(c2ccc(-n3ccnc3)nn2)C1. The minimum absolute atomic E-state index is 0.0584. The molecule has 1 atom stereocenters. The van der Waals surface area contributed by atoms with Gasteiger partial charge in [-0.25, -0.2) is 4.98 Å². The van der Waals surface area contributed by atoms with Crippen LogP contribution in [0.5, 0.6) is 0 Å². The van der Waals surface area contributed by atoms with Crippen molar-refractivity contribution in [3.63, 3.8) is 0 Å². The number of hydrogen-bond donors (Lipinski definition) is 1. The summed E-state index contributed by atoms with van der Waals surface area (Å²) in [4.78, 5) is 18.8. The van der Waals surface area contributed by atoms with E-state index in [9.17, 15) is 4.79 Å². The Kier molecular flexibility index (Phi) is 5.45. The van der Waals surface area contributed by atoms with Gasteiger partial charge in [0.15, 0.2) is 11.6 Å². The van der Waals surface area contributed by atoms with E-state index in [0.29, 0.717) is 28.1 Å². The van der Waals surface area contributed by atoms with E-state index < -0.39 is 0 Å². The molecule has 0 bridgehead atoms. The third kappa shape index (κ3) is 4.10. The van der Waals surface area contributed by atoms with Crippen molar-refractivity contribution in [2.24, 2.45) is 5.92 Å². The highest BCUT2D eigenvalue weighted by Gasteiger charge is 2.27. The maximum Gasteiger partial charge on any atom is 0.229 e. The molecule has 144 valence electrons. The first kappa shape index (κ1) is 18.7. The van der Waals surface area contributed by atoms with Gasteiger partial charge in [0.25, 0.3) is 0 Å². The fourth-order valence-electron chi connectivity index (χ4n) is 3.24. The number of imidazole rings is 1. The molecule has 3 aromatic rings. The zero-order chi connectivity index (χ0) is 19.5. The Bertz CT molecular complexity index is 961.